The number of Topliss-reactive ketones (excluding diaryl/α,β-unsaturated/α-hetero) is 1. The van der Waals surface area contributed by atoms with Crippen molar-refractivity contribution in [3.63, 3.8) is 0 Å². The molecular formula is C14H19FO3. The van der Waals surface area contributed by atoms with Gasteiger partial charge in [0.1, 0.15) is 5.60 Å². The van der Waals surface area contributed by atoms with Crippen LogP contribution in [0.5, 0.6) is 5.75 Å². The number of carbonyl (C=O) groups is 1. The Balaban J connectivity index is 2.95. The van der Waals surface area contributed by atoms with Gasteiger partial charge in [0.25, 0.3) is 0 Å². The Hall–Kier alpha value is -1.42. The minimum Gasteiger partial charge on any atom is -0.494 e. The fourth-order valence-electron chi connectivity index (χ4n) is 1.67. The second kappa shape index (κ2) is 5.96. The first-order valence-electron chi connectivity index (χ1n) is 5.88. The molecule has 1 aromatic carbocycles. The van der Waals surface area contributed by atoms with Crippen molar-refractivity contribution in [2.45, 2.75) is 32.3 Å². The number of ether oxygens (including phenoxy) is 2. The first-order chi connectivity index (χ1) is 8.48. The van der Waals surface area contributed by atoms with E-state index in [1.807, 2.05) is 6.92 Å². The maximum Gasteiger partial charge on any atom is 0.168 e. The molecule has 0 saturated heterocycles. The molecular weight excluding hydrogens is 235 g/mol. The summed E-state index contributed by atoms with van der Waals surface area (Å²) in [6, 6.07) is 4.78. The summed E-state index contributed by atoms with van der Waals surface area (Å²) in [6.45, 7) is 3.58. The van der Waals surface area contributed by atoms with E-state index in [1.165, 1.54) is 20.3 Å². The average Bonchev–Trinajstić information content (AvgIpc) is 2.40. The largest absolute Gasteiger partial charge is 0.494 e. The van der Waals surface area contributed by atoms with E-state index in [2.05, 4.69) is 0 Å². The van der Waals surface area contributed by atoms with E-state index in [0.29, 0.717) is 12.0 Å². The molecule has 100 valence electrons. The average molecular weight is 254 g/mol. The first kappa shape index (κ1) is 14.6. The molecule has 0 saturated carbocycles. The van der Waals surface area contributed by atoms with Crippen LogP contribution in [0.15, 0.2) is 18.2 Å². The van der Waals surface area contributed by atoms with Crippen LogP contribution in [0.25, 0.3) is 0 Å². The number of rotatable bonds is 6. The van der Waals surface area contributed by atoms with Gasteiger partial charge in [-0.15, -0.1) is 0 Å². The molecule has 0 heterocycles. The Morgan fingerprint density at radius 1 is 1.39 bits per heavy atom. The standard InChI is InChI=1S/C14H19FO3/c1-5-14(2,18-4)12(16)9-10-7-6-8-11(17-3)13(10)15/h6-8H,5,9H2,1-4H3. The monoisotopic (exact) mass is 254 g/mol. The number of hydrogen-bond donors (Lipinski definition) is 0. The minimum absolute atomic E-state index is 0.00120. The SMILES string of the molecule is CCC(C)(OC)C(=O)Cc1cccc(OC)c1F. The lowest BCUT2D eigenvalue weighted by Gasteiger charge is -2.25. The highest BCUT2D eigenvalue weighted by Crippen LogP contribution is 2.23. The smallest absolute Gasteiger partial charge is 0.168 e. The highest BCUT2D eigenvalue weighted by Gasteiger charge is 2.31. The van der Waals surface area contributed by atoms with Gasteiger partial charge in [0.2, 0.25) is 0 Å². The molecule has 0 aliphatic heterocycles. The third-order valence-electron chi connectivity index (χ3n) is 3.33. The zero-order chi connectivity index (χ0) is 13.8. The molecule has 0 amide bonds. The third-order valence-corrected chi connectivity index (χ3v) is 3.33. The van der Waals surface area contributed by atoms with Crippen LogP contribution in [-0.2, 0) is 16.0 Å². The van der Waals surface area contributed by atoms with Crippen LogP contribution in [0.2, 0.25) is 0 Å². The number of ketones is 1. The fraction of sp³-hybridized carbons (Fsp3) is 0.500. The Morgan fingerprint density at radius 3 is 2.56 bits per heavy atom. The Kier molecular flexibility index (Phi) is 4.84. The fourth-order valence-corrected chi connectivity index (χ4v) is 1.67. The molecule has 1 unspecified atom stereocenters. The van der Waals surface area contributed by atoms with Gasteiger partial charge in [-0.05, 0) is 25.0 Å². The lowest BCUT2D eigenvalue weighted by Crippen LogP contribution is -2.38. The maximum atomic E-state index is 13.9. The predicted octanol–water partition coefficient (Wildman–Crippen LogP) is 2.76. The second-order valence-corrected chi connectivity index (χ2v) is 4.32. The summed E-state index contributed by atoms with van der Waals surface area (Å²) in [7, 11) is 2.89. The van der Waals surface area contributed by atoms with E-state index in [0.717, 1.165) is 0 Å². The van der Waals surface area contributed by atoms with Crippen molar-refractivity contribution in [1.29, 1.82) is 0 Å². The topological polar surface area (TPSA) is 35.5 Å². The van der Waals surface area contributed by atoms with Gasteiger partial charge in [0.05, 0.1) is 7.11 Å². The molecule has 18 heavy (non-hydrogen) atoms. The number of hydrogen-bond acceptors (Lipinski definition) is 3. The van der Waals surface area contributed by atoms with Crippen molar-refractivity contribution in [2.24, 2.45) is 0 Å². The van der Waals surface area contributed by atoms with Crippen molar-refractivity contribution in [1.82, 2.24) is 0 Å². The molecule has 1 rings (SSSR count). The van der Waals surface area contributed by atoms with Crippen molar-refractivity contribution in [3.05, 3.63) is 29.6 Å². The van der Waals surface area contributed by atoms with Crippen LogP contribution in [0.1, 0.15) is 25.8 Å². The van der Waals surface area contributed by atoms with Crippen LogP contribution in [-0.4, -0.2) is 25.6 Å². The summed E-state index contributed by atoms with van der Waals surface area (Å²) in [5.41, 5.74) is -0.536. The lowest BCUT2D eigenvalue weighted by atomic mass is 9.92. The van der Waals surface area contributed by atoms with Gasteiger partial charge in [-0.3, -0.25) is 4.79 Å². The highest BCUT2D eigenvalue weighted by atomic mass is 19.1. The molecule has 0 aromatic heterocycles. The minimum atomic E-state index is -0.866. The first-order valence-corrected chi connectivity index (χ1v) is 5.88. The van der Waals surface area contributed by atoms with E-state index < -0.39 is 11.4 Å². The van der Waals surface area contributed by atoms with Crippen LogP contribution in [0.3, 0.4) is 0 Å². The van der Waals surface area contributed by atoms with Crippen molar-refractivity contribution in [3.8, 4) is 5.75 Å². The summed E-state index contributed by atoms with van der Waals surface area (Å²) < 4.78 is 24.0. The molecule has 4 heteroatoms. The summed E-state index contributed by atoms with van der Waals surface area (Å²) in [5, 5.41) is 0. The lowest BCUT2D eigenvalue weighted by molar-refractivity contribution is -0.138. The van der Waals surface area contributed by atoms with Crippen LogP contribution < -0.4 is 4.74 Å². The Morgan fingerprint density at radius 2 is 2.06 bits per heavy atom. The highest BCUT2D eigenvalue weighted by molar-refractivity contribution is 5.88. The molecule has 0 aliphatic carbocycles. The van der Waals surface area contributed by atoms with E-state index in [1.54, 1.807) is 19.1 Å². The van der Waals surface area contributed by atoms with Gasteiger partial charge in [0.15, 0.2) is 17.3 Å². The molecule has 0 aliphatic rings. The molecule has 0 radical (unpaired) electrons. The molecule has 0 spiro atoms. The van der Waals surface area contributed by atoms with Crippen molar-refractivity contribution in [2.75, 3.05) is 14.2 Å². The van der Waals surface area contributed by atoms with Gasteiger partial charge in [-0.2, -0.15) is 0 Å². The number of halogens is 1. The summed E-state index contributed by atoms with van der Waals surface area (Å²) in [5.74, 6) is -0.474. The summed E-state index contributed by atoms with van der Waals surface area (Å²) in [4.78, 5) is 12.1. The quantitative estimate of drug-likeness (QED) is 0.783. The van der Waals surface area contributed by atoms with Crippen molar-refractivity contribution >= 4 is 5.78 Å². The molecule has 0 bridgehead atoms. The van der Waals surface area contributed by atoms with E-state index in [4.69, 9.17) is 9.47 Å². The van der Waals surface area contributed by atoms with Gasteiger partial charge < -0.3 is 9.47 Å². The maximum absolute atomic E-state index is 13.9. The van der Waals surface area contributed by atoms with Gasteiger partial charge in [-0.25, -0.2) is 4.39 Å². The second-order valence-electron chi connectivity index (χ2n) is 4.32. The van der Waals surface area contributed by atoms with Crippen molar-refractivity contribution < 1.29 is 18.7 Å². The third kappa shape index (κ3) is 2.88. The zero-order valence-electron chi connectivity index (χ0n) is 11.2. The Bertz CT molecular complexity index is 425. The van der Waals surface area contributed by atoms with E-state index >= 15 is 0 Å². The predicted molar refractivity (Wildman–Crippen MR) is 67.4 cm³/mol. The summed E-state index contributed by atoms with van der Waals surface area (Å²) in [6.07, 6.45) is 0.551. The Labute approximate surface area is 107 Å². The molecule has 1 atom stereocenters. The number of carbonyl (C=O) groups excluding carboxylic acids is 1. The van der Waals surface area contributed by atoms with Gasteiger partial charge >= 0.3 is 0 Å². The van der Waals surface area contributed by atoms with Crippen LogP contribution in [0.4, 0.5) is 4.39 Å². The zero-order valence-corrected chi connectivity index (χ0v) is 11.2. The molecule has 1 aromatic rings. The summed E-state index contributed by atoms with van der Waals surface area (Å²) >= 11 is 0. The normalized spacial score (nSPS) is 14.1. The molecule has 0 fully saturated rings. The molecule has 3 nitrogen and oxygen atoms in total. The van der Waals surface area contributed by atoms with Crippen LogP contribution in [0, 0.1) is 5.82 Å². The number of benzene rings is 1. The van der Waals surface area contributed by atoms with Crippen LogP contribution >= 0.6 is 0 Å². The molecule has 0 N–H and O–H groups in total. The number of methoxy groups -OCH3 is 2. The van der Waals surface area contributed by atoms with E-state index in [-0.39, 0.29) is 18.0 Å². The van der Waals surface area contributed by atoms with Gasteiger partial charge in [-0.1, -0.05) is 19.1 Å². The van der Waals surface area contributed by atoms with Gasteiger partial charge in [0, 0.05) is 13.5 Å². The van der Waals surface area contributed by atoms with E-state index in [9.17, 15) is 9.18 Å².